The predicted octanol–water partition coefficient (Wildman–Crippen LogP) is -0.774. The molecule has 0 spiro atoms. The van der Waals surface area contributed by atoms with Crippen molar-refractivity contribution in [1.82, 2.24) is 0 Å². The van der Waals surface area contributed by atoms with E-state index in [0.29, 0.717) is 0 Å². The Morgan fingerprint density at radius 2 is 2.18 bits per heavy atom. The Bertz CT molecular complexity index is 143. The quantitative estimate of drug-likeness (QED) is 0.473. The van der Waals surface area contributed by atoms with Gasteiger partial charge < -0.3 is 20.1 Å². The van der Waals surface area contributed by atoms with Gasteiger partial charge in [-0.15, -0.1) is 0 Å². The Morgan fingerprint density at radius 3 is 2.36 bits per heavy atom. The SMILES string of the molecule is C[C@@H](O)[C@H]1O[C@H](O)C[C@]1(C)O. The molecule has 1 saturated heterocycles. The smallest absolute Gasteiger partial charge is 0.158 e. The Morgan fingerprint density at radius 1 is 1.64 bits per heavy atom. The van der Waals surface area contributed by atoms with E-state index in [1.54, 1.807) is 6.92 Å². The first kappa shape index (κ1) is 8.93. The first-order valence-electron chi connectivity index (χ1n) is 3.67. The minimum atomic E-state index is -1.12. The molecule has 0 bridgehead atoms. The van der Waals surface area contributed by atoms with Gasteiger partial charge in [-0.05, 0) is 13.8 Å². The zero-order chi connectivity index (χ0) is 8.65. The molecule has 1 heterocycles. The Kier molecular flexibility index (Phi) is 2.20. The van der Waals surface area contributed by atoms with Gasteiger partial charge in [0.1, 0.15) is 6.10 Å². The van der Waals surface area contributed by atoms with Crippen molar-refractivity contribution in [3.63, 3.8) is 0 Å². The second-order valence-electron chi connectivity index (χ2n) is 3.31. The van der Waals surface area contributed by atoms with Crippen molar-refractivity contribution in [2.45, 2.75) is 44.4 Å². The number of hydrogen-bond donors (Lipinski definition) is 3. The largest absolute Gasteiger partial charge is 0.391 e. The molecule has 0 aliphatic carbocycles. The molecular weight excluding hydrogens is 148 g/mol. The zero-order valence-electron chi connectivity index (χ0n) is 6.69. The van der Waals surface area contributed by atoms with Gasteiger partial charge in [-0.1, -0.05) is 0 Å². The van der Waals surface area contributed by atoms with E-state index in [0.717, 1.165) is 0 Å². The minimum Gasteiger partial charge on any atom is -0.391 e. The topological polar surface area (TPSA) is 69.9 Å². The van der Waals surface area contributed by atoms with Crippen LogP contribution in [-0.2, 0) is 4.74 Å². The van der Waals surface area contributed by atoms with Crippen LogP contribution in [0.4, 0.5) is 0 Å². The summed E-state index contributed by atoms with van der Waals surface area (Å²) in [5.41, 5.74) is -1.12. The molecule has 0 amide bonds. The summed E-state index contributed by atoms with van der Waals surface area (Å²) in [7, 11) is 0. The number of rotatable bonds is 1. The van der Waals surface area contributed by atoms with Crippen molar-refractivity contribution in [3.8, 4) is 0 Å². The van der Waals surface area contributed by atoms with E-state index >= 15 is 0 Å². The minimum absolute atomic E-state index is 0.155. The molecule has 4 heteroatoms. The molecule has 0 saturated carbocycles. The second kappa shape index (κ2) is 2.71. The predicted molar refractivity (Wildman–Crippen MR) is 37.8 cm³/mol. The van der Waals surface area contributed by atoms with Gasteiger partial charge in [0.05, 0.1) is 11.7 Å². The van der Waals surface area contributed by atoms with Crippen molar-refractivity contribution < 1.29 is 20.1 Å². The first-order valence-corrected chi connectivity index (χ1v) is 3.67. The van der Waals surface area contributed by atoms with Crippen molar-refractivity contribution >= 4 is 0 Å². The Hall–Kier alpha value is -0.160. The van der Waals surface area contributed by atoms with Gasteiger partial charge in [-0.25, -0.2) is 0 Å². The monoisotopic (exact) mass is 162 g/mol. The molecule has 11 heavy (non-hydrogen) atoms. The summed E-state index contributed by atoms with van der Waals surface area (Å²) in [6.07, 6.45) is -2.24. The molecular formula is C7H14O4. The molecule has 3 N–H and O–H groups in total. The van der Waals surface area contributed by atoms with Gasteiger partial charge in [0.15, 0.2) is 6.29 Å². The van der Waals surface area contributed by atoms with Gasteiger partial charge in [0, 0.05) is 6.42 Å². The lowest BCUT2D eigenvalue weighted by molar-refractivity contribution is -0.138. The van der Waals surface area contributed by atoms with Crippen LogP contribution in [0.5, 0.6) is 0 Å². The molecule has 0 aromatic carbocycles. The molecule has 1 aliphatic rings. The van der Waals surface area contributed by atoms with Crippen molar-refractivity contribution in [3.05, 3.63) is 0 Å². The third-order valence-corrected chi connectivity index (χ3v) is 1.94. The number of aliphatic hydroxyl groups excluding tert-OH is 2. The molecule has 4 nitrogen and oxygen atoms in total. The molecule has 0 unspecified atom stereocenters. The van der Waals surface area contributed by atoms with E-state index in [1.165, 1.54) is 6.92 Å². The van der Waals surface area contributed by atoms with E-state index in [1.807, 2.05) is 0 Å². The molecule has 1 rings (SSSR count). The molecule has 4 atom stereocenters. The summed E-state index contributed by atoms with van der Waals surface area (Å²) in [5, 5.41) is 27.7. The average molecular weight is 162 g/mol. The fourth-order valence-electron chi connectivity index (χ4n) is 1.47. The van der Waals surface area contributed by atoms with Crippen molar-refractivity contribution in [2.24, 2.45) is 0 Å². The highest BCUT2D eigenvalue weighted by molar-refractivity contribution is 4.92. The van der Waals surface area contributed by atoms with Crippen LogP contribution < -0.4 is 0 Å². The van der Waals surface area contributed by atoms with Crippen LogP contribution >= 0.6 is 0 Å². The number of aliphatic hydroxyl groups is 3. The number of ether oxygens (including phenoxy) is 1. The molecule has 0 radical (unpaired) electrons. The maximum absolute atomic E-state index is 9.55. The standard InChI is InChI=1S/C7H14O4/c1-4(8)6-7(2,10)3-5(9)11-6/h4-6,8-10H,3H2,1-2H3/t4-,5+,6-,7+/m1/s1. The van der Waals surface area contributed by atoms with Crippen molar-refractivity contribution in [1.29, 1.82) is 0 Å². The average Bonchev–Trinajstić information content (AvgIpc) is 2.04. The Labute approximate surface area is 65.4 Å². The van der Waals surface area contributed by atoms with E-state index < -0.39 is 24.1 Å². The molecule has 0 aromatic heterocycles. The fraction of sp³-hybridized carbons (Fsp3) is 1.00. The van der Waals surface area contributed by atoms with Gasteiger partial charge in [0.25, 0.3) is 0 Å². The summed E-state index contributed by atoms with van der Waals surface area (Å²) in [6, 6.07) is 0. The van der Waals surface area contributed by atoms with Gasteiger partial charge in [-0.3, -0.25) is 0 Å². The van der Waals surface area contributed by atoms with Crippen LogP contribution in [0.3, 0.4) is 0 Å². The van der Waals surface area contributed by atoms with Crippen LogP contribution in [0.15, 0.2) is 0 Å². The lowest BCUT2D eigenvalue weighted by Crippen LogP contribution is -2.41. The summed E-state index contributed by atoms with van der Waals surface area (Å²) < 4.78 is 4.89. The van der Waals surface area contributed by atoms with Crippen LogP contribution in [-0.4, -0.2) is 39.4 Å². The van der Waals surface area contributed by atoms with Gasteiger partial charge in [-0.2, -0.15) is 0 Å². The highest BCUT2D eigenvalue weighted by Crippen LogP contribution is 2.30. The lowest BCUT2D eigenvalue weighted by Gasteiger charge is -2.25. The molecule has 1 fully saturated rings. The Balaban J connectivity index is 2.66. The third kappa shape index (κ3) is 1.70. The van der Waals surface area contributed by atoms with Crippen LogP contribution in [0.2, 0.25) is 0 Å². The van der Waals surface area contributed by atoms with Crippen LogP contribution in [0, 0.1) is 0 Å². The highest BCUT2D eigenvalue weighted by Gasteiger charge is 2.45. The maximum atomic E-state index is 9.55. The summed E-state index contributed by atoms with van der Waals surface area (Å²) in [6.45, 7) is 3.07. The van der Waals surface area contributed by atoms with Crippen molar-refractivity contribution in [2.75, 3.05) is 0 Å². The van der Waals surface area contributed by atoms with Crippen LogP contribution in [0.25, 0.3) is 0 Å². The lowest BCUT2D eigenvalue weighted by atomic mass is 9.95. The van der Waals surface area contributed by atoms with Gasteiger partial charge in [0.2, 0.25) is 0 Å². The van der Waals surface area contributed by atoms with Gasteiger partial charge >= 0.3 is 0 Å². The van der Waals surface area contributed by atoms with E-state index in [2.05, 4.69) is 0 Å². The van der Waals surface area contributed by atoms with Crippen LogP contribution in [0.1, 0.15) is 20.3 Å². The molecule has 0 aromatic rings. The van der Waals surface area contributed by atoms with E-state index in [9.17, 15) is 5.11 Å². The molecule has 1 aliphatic heterocycles. The maximum Gasteiger partial charge on any atom is 0.158 e. The van der Waals surface area contributed by atoms with E-state index in [-0.39, 0.29) is 6.42 Å². The van der Waals surface area contributed by atoms with E-state index in [4.69, 9.17) is 14.9 Å². The third-order valence-electron chi connectivity index (χ3n) is 1.94. The number of hydrogen-bond acceptors (Lipinski definition) is 4. The first-order chi connectivity index (χ1) is 4.93. The normalized spacial score (nSPS) is 47.7. The fourth-order valence-corrected chi connectivity index (χ4v) is 1.47. The zero-order valence-corrected chi connectivity index (χ0v) is 6.69. The molecule has 66 valence electrons. The highest BCUT2D eigenvalue weighted by atomic mass is 16.6. The second-order valence-corrected chi connectivity index (χ2v) is 3.31. The summed E-state index contributed by atoms with van der Waals surface area (Å²) >= 11 is 0. The summed E-state index contributed by atoms with van der Waals surface area (Å²) in [4.78, 5) is 0. The summed E-state index contributed by atoms with van der Waals surface area (Å²) in [5.74, 6) is 0.